The number of hydrogen-bond donors (Lipinski definition) is 1. The molecule has 0 aliphatic carbocycles. The Morgan fingerprint density at radius 3 is 2.85 bits per heavy atom. The van der Waals surface area contributed by atoms with Crippen LogP contribution in [-0.4, -0.2) is 16.5 Å². The number of nitrogens with zero attached hydrogens (tertiary/aromatic N) is 2. The predicted molar refractivity (Wildman–Crippen MR) is 86.6 cm³/mol. The molecule has 0 atom stereocenters. The van der Waals surface area contributed by atoms with Crippen LogP contribution in [0.25, 0.3) is 10.6 Å². The first kappa shape index (κ1) is 13.3. The van der Waals surface area contributed by atoms with E-state index in [0.29, 0.717) is 0 Å². The summed E-state index contributed by atoms with van der Waals surface area (Å²) in [6.07, 6.45) is 2.81. The number of nitrogens with one attached hydrogen (secondary N) is 1. The second-order valence-electron chi connectivity index (χ2n) is 4.35. The predicted octanol–water partition coefficient (Wildman–Crippen LogP) is 4.29. The lowest BCUT2D eigenvalue weighted by Crippen LogP contribution is -1.94. The third kappa shape index (κ3) is 3.05. The van der Waals surface area contributed by atoms with Crippen LogP contribution >= 0.6 is 22.7 Å². The standard InChI is InChI=1S/C15H15N3S2/c1-2-16-15-18-12(10-19-15)13-9-17-14(20-13)8-11-6-4-3-5-7-11/h3-7,9-10H,2,8H2,1H3,(H,16,18). The van der Waals surface area contributed by atoms with Crippen molar-refractivity contribution < 1.29 is 0 Å². The SMILES string of the molecule is CCNc1nc(-c2cnc(Cc3ccccc3)s2)cs1. The van der Waals surface area contributed by atoms with Crippen molar-refractivity contribution in [2.75, 3.05) is 11.9 Å². The average molecular weight is 301 g/mol. The number of hydrogen-bond acceptors (Lipinski definition) is 5. The molecule has 1 N–H and O–H groups in total. The summed E-state index contributed by atoms with van der Waals surface area (Å²) in [5.41, 5.74) is 2.31. The first-order chi connectivity index (χ1) is 9.85. The van der Waals surface area contributed by atoms with Gasteiger partial charge in [-0.2, -0.15) is 0 Å². The van der Waals surface area contributed by atoms with Gasteiger partial charge >= 0.3 is 0 Å². The fourth-order valence-corrected chi connectivity index (χ4v) is 3.67. The van der Waals surface area contributed by atoms with Crippen LogP contribution in [0.4, 0.5) is 5.13 Å². The zero-order chi connectivity index (χ0) is 13.8. The summed E-state index contributed by atoms with van der Waals surface area (Å²) >= 11 is 3.36. The molecular formula is C15H15N3S2. The van der Waals surface area contributed by atoms with Gasteiger partial charge < -0.3 is 5.32 Å². The van der Waals surface area contributed by atoms with E-state index in [1.807, 2.05) is 12.3 Å². The molecule has 0 aliphatic rings. The number of anilines is 1. The quantitative estimate of drug-likeness (QED) is 0.764. The molecule has 20 heavy (non-hydrogen) atoms. The Kier molecular flexibility index (Phi) is 4.08. The zero-order valence-electron chi connectivity index (χ0n) is 11.2. The van der Waals surface area contributed by atoms with Crippen molar-refractivity contribution in [3.05, 3.63) is 52.5 Å². The maximum atomic E-state index is 4.57. The lowest BCUT2D eigenvalue weighted by molar-refractivity contribution is 1.14. The van der Waals surface area contributed by atoms with Gasteiger partial charge in [-0.15, -0.1) is 22.7 Å². The summed E-state index contributed by atoms with van der Waals surface area (Å²) in [6, 6.07) is 10.4. The number of aromatic nitrogens is 2. The van der Waals surface area contributed by atoms with Gasteiger partial charge in [0.1, 0.15) is 0 Å². The second-order valence-corrected chi connectivity index (χ2v) is 6.32. The van der Waals surface area contributed by atoms with E-state index in [-0.39, 0.29) is 0 Å². The lowest BCUT2D eigenvalue weighted by atomic mass is 10.2. The van der Waals surface area contributed by atoms with Crippen LogP contribution in [0, 0.1) is 0 Å². The van der Waals surface area contributed by atoms with Gasteiger partial charge in [-0.3, -0.25) is 0 Å². The highest BCUT2D eigenvalue weighted by Crippen LogP contribution is 2.30. The summed E-state index contributed by atoms with van der Waals surface area (Å²) in [6.45, 7) is 2.97. The van der Waals surface area contributed by atoms with Gasteiger partial charge in [-0.25, -0.2) is 9.97 Å². The van der Waals surface area contributed by atoms with Gasteiger partial charge in [0.2, 0.25) is 0 Å². The molecule has 0 bridgehead atoms. The van der Waals surface area contributed by atoms with Crippen molar-refractivity contribution in [3.63, 3.8) is 0 Å². The van der Waals surface area contributed by atoms with Crippen LogP contribution in [0.5, 0.6) is 0 Å². The fourth-order valence-electron chi connectivity index (χ4n) is 1.90. The van der Waals surface area contributed by atoms with Gasteiger partial charge in [0.15, 0.2) is 5.13 Å². The highest BCUT2D eigenvalue weighted by Gasteiger charge is 2.08. The molecule has 5 heteroatoms. The van der Waals surface area contributed by atoms with Crippen LogP contribution in [-0.2, 0) is 6.42 Å². The van der Waals surface area contributed by atoms with Crippen LogP contribution < -0.4 is 5.32 Å². The average Bonchev–Trinajstić information content (AvgIpc) is 3.10. The lowest BCUT2D eigenvalue weighted by Gasteiger charge is -1.96. The summed E-state index contributed by atoms with van der Waals surface area (Å²) in [5.74, 6) is 0. The van der Waals surface area contributed by atoms with Gasteiger partial charge in [0.05, 0.1) is 15.6 Å². The molecule has 3 nitrogen and oxygen atoms in total. The Morgan fingerprint density at radius 1 is 1.20 bits per heavy atom. The van der Waals surface area contributed by atoms with Crippen LogP contribution in [0.3, 0.4) is 0 Å². The van der Waals surface area contributed by atoms with Gasteiger partial charge in [0, 0.05) is 24.5 Å². The fraction of sp³-hybridized carbons (Fsp3) is 0.200. The topological polar surface area (TPSA) is 37.8 Å². The van der Waals surface area contributed by atoms with Crippen molar-refractivity contribution in [1.29, 1.82) is 0 Å². The van der Waals surface area contributed by atoms with Crippen molar-refractivity contribution in [2.45, 2.75) is 13.3 Å². The maximum Gasteiger partial charge on any atom is 0.183 e. The third-order valence-electron chi connectivity index (χ3n) is 2.84. The maximum absolute atomic E-state index is 4.57. The van der Waals surface area contributed by atoms with Crippen LogP contribution in [0.1, 0.15) is 17.5 Å². The summed E-state index contributed by atoms with van der Waals surface area (Å²) in [4.78, 5) is 10.2. The first-order valence-electron chi connectivity index (χ1n) is 6.53. The summed E-state index contributed by atoms with van der Waals surface area (Å²) in [5, 5.41) is 7.42. The monoisotopic (exact) mass is 301 g/mol. The molecule has 0 saturated carbocycles. The molecule has 0 amide bonds. The Morgan fingerprint density at radius 2 is 2.05 bits per heavy atom. The van der Waals surface area contributed by atoms with E-state index in [9.17, 15) is 0 Å². The Labute approximate surface area is 126 Å². The Hall–Kier alpha value is -1.72. The molecule has 1 aromatic carbocycles. The van der Waals surface area contributed by atoms with Crippen molar-refractivity contribution in [2.24, 2.45) is 0 Å². The number of rotatable bonds is 5. The molecule has 0 spiro atoms. The molecule has 0 saturated heterocycles. The molecule has 102 valence electrons. The van der Waals surface area contributed by atoms with Crippen LogP contribution in [0.15, 0.2) is 41.9 Å². The number of thiazole rings is 2. The van der Waals surface area contributed by atoms with Crippen molar-refractivity contribution >= 4 is 27.8 Å². The minimum atomic E-state index is 0.885. The molecule has 0 aliphatic heterocycles. The normalized spacial score (nSPS) is 10.7. The van der Waals surface area contributed by atoms with Crippen LogP contribution in [0.2, 0.25) is 0 Å². The van der Waals surface area contributed by atoms with E-state index in [1.165, 1.54) is 5.56 Å². The molecule has 0 fully saturated rings. The van der Waals surface area contributed by atoms with Gasteiger partial charge in [-0.1, -0.05) is 30.3 Å². The molecule has 0 radical (unpaired) electrons. The summed E-state index contributed by atoms with van der Waals surface area (Å²) < 4.78 is 0. The zero-order valence-corrected chi connectivity index (χ0v) is 12.8. The van der Waals surface area contributed by atoms with E-state index < -0.39 is 0 Å². The van der Waals surface area contributed by atoms with E-state index >= 15 is 0 Å². The van der Waals surface area contributed by atoms with Gasteiger partial charge in [0.25, 0.3) is 0 Å². The largest absolute Gasteiger partial charge is 0.362 e. The molecular weight excluding hydrogens is 286 g/mol. The third-order valence-corrected chi connectivity index (χ3v) is 4.66. The molecule has 3 aromatic rings. The van der Waals surface area contributed by atoms with Crippen molar-refractivity contribution in [3.8, 4) is 10.6 Å². The molecule has 0 unspecified atom stereocenters. The van der Waals surface area contributed by atoms with E-state index in [4.69, 9.17) is 0 Å². The number of benzene rings is 1. The minimum absolute atomic E-state index is 0.885. The summed E-state index contributed by atoms with van der Waals surface area (Å²) in [7, 11) is 0. The van der Waals surface area contributed by atoms with E-state index in [2.05, 4.69) is 51.9 Å². The van der Waals surface area contributed by atoms with Gasteiger partial charge in [-0.05, 0) is 12.5 Å². The van der Waals surface area contributed by atoms with Crippen molar-refractivity contribution in [1.82, 2.24) is 9.97 Å². The van der Waals surface area contributed by atoms with E-state index in [1.54, 1.807) is 22.7 Å². The minimum Gasteiger partial charge on any atom is -0.362 e. The highest BCUT2D eigenvalue weighted by atomic mass is 32.1. The Bertz CT molecular complexity index is 673. The molecule has 2 aromatic heterocycles. The molecule has 2 heterocycles. The highest BCUT2D eigenvalue weighted by molar-refractivity contribution is 7.16. The smallest absolute Gasteiger partial charge is 0.183 e. The first-order valence-corrected chi connectivity index (χ1v) is 8.23. The van der Waals surface area contributed by atoms with E-state index in [0.717, 1.165) is 33.7 Å². The second kappa shape index (κ2) is 6.15. The Balaban J connectivity index is 1.76. The molecule has 3 rings (SSSR count).